The maximum Gasteiger partial charge on any atom is 1.00 e. The second-order valence-corrected chi connectivity index (χ2v) is 3.14. The summed E-state index contributed by atoms with van der Waals surface area (Å²) in [7, 11) is 0. The first-order valence-corrected chi connectivity index (χ1v) is 4.82. The average molecular weight is 289 g/mol. The molecule has 4 N–H and O–H groups in total. The molecule has 1 aliphatic heterocycles. The minimum Gasteiger partial charge on any atom is -0.870 e. The number of quaternary nitrogens is 1. The summed E-state index contributed by atoms with van der Waals surface area (Å²) in [6, 6.07) is 5.00. The summed E-state index contributed by atoms with van der Waals surface area (Å²) in [6.45, 7) is 0. The molecule has 0 aromatic heterocycles. The summed E-state index contributed by atoms with van der Waals surface area (Å²) in [5, 5.41) is 20.7. The van der Waals surface area contributed by atoms with Gasteiger partial charge in [-0.1, -0.05) is 12.1 Å². The summed E-state index contributed by atoms with van der Waals surface area (Å²) in [5.74, 6) is -2.53. The van der Waals surface area contributed by atoms with Crippen LogP contribution in [0, 0.1) is 0 Å². The van der Waals surface area contributed by atoms with Crippen LogP contribution in [0.15, 0.2) is 48.8 Å². The molecule has 0 aliphatic carbocycles. The summed E-state index contributed by atoms with van der Waals surface area (Å²) in [6.07, 6.45) is 8.00. The van der Waals surface area contributed by atoms with Crippen LogP contribution in [0.1, 0.15) is 20.7 Å². The molecule has 2 rings (SSSR count). The van der Waals surface area contributed by atoms with Gasteiger partial charge < -0.3 is 20.5 Å². The molecule has 0 amide bonds. The van der Waals surface area contributed by atoms with E-state index in [1.807, 2.05) is 29.9 Å². The molecule has 0 saturated carbocycles. The predicted octanol–water partition coefficient (Wildman–Crippen LogP) is -3.83. The van der Waals surface area contributed by atoms with Gasteiger partial charge in [-0.15, -0.1) is 0 Å². The van der Waals surface area contributed by atoms with Gasteiger partial charge >= 0.3 is 57.4 Å². The second kappa shape index (κ2) is 11.1. The summed E-state index contributed by atoms with van der Waals surface area (Å²) < 4.78 is 0. The zero-order valence-electron chi connectivity index (χ0n) is 10.3. The van der Waals surface area contributed by atoms with Crippen molar-refractivity contribution in [2.75, 3.05) is 0 Å². The summed E-state index contributed by atoms with van der Waals surface area (Å²) >= 11 is 0. The van der Waals surface area contributed by atoms with Gasteiger partial charge in [0.1, 0.15) is 0 Å². The van der Waals surface area contributed by atoms with E-state index in [1.165, 1.54) is 18.2 Å². The topological polar surface area (TPSA) is 124 Å². The molecule has 0 fully saturated rings. The van der Waals surface area contributed by atoms with E-state index < -0.39 is 11.9 Å². The Hall–Kier alpha value is -0.804. The number of hydrogen-bond acceptors (Lipinski definition) is 4. The minimum absolute atomic E-state index is 0. The molecule has 6 nitrogen and oxygen atoms in total. The third-order valence-corrected chi connectivity index (χ3v) is 1.90. The molecule has 1 aromatic rings. The van der Waals surface area contributed by atoms with E-state index in [9.17, 15) is 14.7 Å². The average Bonchev–Trinajstić information content (AvgIpc) is 2.87. The van der Waals surface area contributed by atoms with Gasteiger partial charge in [0, 0.05) is 0 Å². The Morgan fingerprint density at radius 1 is 1.11 bits per heavy atom. The van der Waals surface area contributed by atoms with Gasteiger partial charge in [0.05, 0.1) is 23.9 Å². The molecule has 1 aromatic carbocycles. The number of carboxylic acids is 2. The zero-order chi connectivity index (χ0) is 12.7. The monoisotopic (exact) mass is 289 g/mol. The molecular weight excluding hydrogens is 277 g/mol. The first-order valence-electron chi connectivity index (χ1n) is 4.82. The van der Waals surface area contributed by atoms with Gasteiger partial charge in [0.2, 0.25) is 0 Å². The van der Waals surface area contributed by atoms with Gasteiger partial charge in [0.15, 0.2) is 0 Å². The van der Waals surface area contributed by atoms with Crippen molar-refractivity contribution >= 4 is 11.9 Å². The maximum absolute atomic E-state index is 10.4. The van der Waals surface area contributed by atoms with Crippen molar-refractivity contribution in [3.63, 3.8) is 0 Å². The standard InChI is InChI=1S/C8H6O4.C4H5N.K.H2O/c9-7(10)5-2-1-3-6(4-5)8(11)12;1-2-4-5-3-1;;/h1-4H,(H,9,10)(H,11,12);1-5H;;1H2/q;;+1;/p-1. The first-order chi connectivity index (χ1) is 8.11. The molecule has 96 valence electrons. The molecule has 19 heavy (non-hydrogen) atoms. The van der Waals surface area contributed by atoms with E-state index in [1.54, 1.807) is 0 Å². The van der Waals surface area contributed by atoms with Gasteiger partial charge in [-0.05, 0) is 29.8 Å². The van der Waals surface area contributed by atoms with Crippen molar-refractivity contribution in [2.45, 2.75) is 0 Å². The van der Waals surface area contributed by atoms with Crippen LogP contribution in [0.3, 0.4) is 0 Å². The van der Waals surface area contributed by atoms with Crippen LogP contribution >= 0.6 is 0 Å². The van der Waals surface area contributed by atoms with E-state index >= 15 is 0 Å². The Balaban J connectivity index is 0. The number of carbonyl (C=O) groups excluding carboxylic acids is 1. The van der Waals surface area contributed by atoms with Crippen LogP contribution < -0.4 is 61.8 Å². The van der Waals surface area contributed by atoms with Gasteiger partial charge in [-0.2, -0.15) is 0 Å². The fourth-order valence-electron chi connectivity index (χ4n) is 1.10. The van der Waals surface area contributed by atoms with E-state index in [4.69, 9.17) is 5.11 Å². The van der Waals surface area contributed by atoms with Crippen LogP contribution in [0.5, 0.6) is 0 Å². The van der Waals surface area contributed by atoms with Crippen LogP contribution in [-0.4, -0.2) is 22.5 Å². The Morgan fingerprint density at radius 2 is 1.63 bits per heavy atom. The van der Waals surface area contributed by atoms with Crippen molar-refractivity contribution in [1.82, 2.24) is 0 Å². The Kier molecular flexibility index (Phi) is 11.9. The molecule has 1 heterocycles. The number of aromatic carboxylic acids is 2. The second-order valence-electron chi connectivity index (χ2n) is 3.14. The minimum atomic E-state index is -1.38. The van der Waals surface area contributed by atoms with Crippen molar-refractivity contribution < 1.29 is 82.0 Å². The Labute approximate surface area is 152 Å². The maximum atomic E-state index is 10.4. The number of hydrogen-bond donors (Lipinski definition) is 2. The normalized spacial score (nSPS) is 10.5. The van der Waals surface area contributed by atoms with Crippen LogP contribution in [-0.2, 0) is 0 Å². The van der Waals surface area contributed by atoms with Crippen molar-refractivity contribution in [2.24, 2.45) is 0 Å². The van der Waals surface area contributed by atoms with Crippen LogP contribution in [0.4, 0.5) is 0 Å². The van der Waals surface area contributed by atoms with Gasteiger partial charge in [-0.25, -0.2) is 4.79 Å². The molecule has 0 unspecified atom stereocenters. The van der Waals surface area contributed by atoms with E-state index in [-0.39, 0.29) is 68.0 Å². The number of carboxylic acid groups (broad SMARTS) is 2. The molecule has 0 radical (unpaired) electrons. The number of nitrogens with two attached hydrogens (primary N) is 1. The SMILES string of the molecule is C1=C[NH2+]C=C1.O=C([O-])c1cccc(C(=O)O)c1.[K+].[OH-]. The molecule has 7 heteroatoms. The summed E-state index contributed by atoms with van der Waals surface area (Å²) in [4.78, 5) is 20.6. The fraction of sp³-hybridized carbons (Fsp3) is 0. The first kappa shape index (κ1) is 20.5. The molecule has 1 aliphatic rings. The van der Waals surface area contributed by atoms with Gasteiger partial charge in [0.25, 0.3) is 0 Å². The molecular formula is C12H12KNO5. The zero-order valence-corrected chi connectivity index (χ0v) is 13.4. The molecule has 0 atom stereocenters. The molecule has 0 bridgehead atoms. The van der Waals surface area contributed by atoms with Crippen molar-refractivity contribution in [3.8, 4) is 0 Å². The number of allylic oxidation sites excluding steroid dienone is 2. The van der Waals surface area contributed by atoms with Crippen LogP contribution in [0.25, 0.3) is 0 Å². The number of carbonyl (C=O) groups is 2. The number of rotatable bonds is 2. The van der Waals surface area contributed by atoms with E-state index in [2.05, 4.69) is 0 Å². The third kappa shape index (κ3) is 8.06. The smallest absolute Gasteiger partial charge is 0.870 e. The molecule has 0 spiro atoms. The predicted molar refractivity (Wildman–Crippen MR) is 59.9 cm³/mol. The van der Waals surface area contributed by atoms with E-state index in [0.717, 1.165) is 6.07 Å². The van der Waals surface area contributed by atoms with Crippen molar-refractivity contribution in [1.29, 1.82) is 0 Å². The van der Waals surface area contributed by atoms with E-state index in [0.29, 0.717) is 0 Å². The summed E-state index contributed by atoms with van der Waals surface area (Å²) in [5.41, 5.74) is -0.188. The van der Waals surface area contributed by atoms with Crippen LogP contribution in [0.2, 0.25) is 0 Å². The van der Waals surface area contributed by atoms with Gasteiger partial charge in [-0.3, -0.25) is 5.32 Å². The molecule has 0 saturated heterocycles. The fourth-order valence-corrected chi connectivity index (χ4v) is 1.10. The number of benzene rings is 1. The largest absolute Gasteiger partial charge is 1.00 e. The Bertz CT molecular complexity index is 446. The van der Waals surface area contributed by atoms with Crippen molar-refractivity contribution in [3.05, 3.63) is 59.9 Å². The Morgan fingerprint density at radius 3 is 2.00 bits per heavy atom. The quantitative estimate of drug-likeness (QED) is 0.540. The third-order valence-electron chi connectivity index (χ3n) is 1.90.